The second-order valence-corrected chi connectivity index (χ2v) is 4.00. The van der Waals surface area contributed by atoms with Crippen LogP contribution in [0.2, 0.25) is 0 Å². The van der Waals surface area contributed by atoms with Crippen molar-refractivity contribution in [1.82, 2.24) is 0 Å². The van der Waals surface area contributed by atoms with Gasteiger partial charge in [0.15, 0.2) is 5.78 Å². The van der Waals surface area contributed by atoms with E-state index in [1.165, 1.54) is 0 Å². The van der Waals surface area contributed by atoms with Crippen molar-refractivity contribution in [2.75, 3.05) is 13.1 Å². The number of aliphatic hydroxyl groups excluding tert-OH is 2. The van der Waals surface area contributed by atoms with Gasteiger partial charge < -0.3 is 15.9 Å². The molecule has 0 heterocycles. The fraction of sp³-hybridized carbons (Fsp3) is 0.417. The predicted molar refractivity (Wildman–Crippen MR) is 69.4 cm³/mol. The smallest absolute Gasteiger partial charge is 0.176 e. The molecule has 2 unspecified atom stereocenters. The van der Waals surface area contributed by atoms with Crippen LogP contribution in [0.5, 0.6) is 0 Å². The Morgan fingerprint density at radius 3 is 2.53 bits per heavy atom. The van der Waals surface area contributed by atoms with Gasteiger partial charge in [0.05, 0.1) is 12.6 Å². The molecule has 1 aromatic rings. The molecule has 2 atom stereocenters. The van der Waals surface area contributed by atoms with Crippen LogP contribution in [0, 0.1) is 0 Å². The van der Waals surface area contributed by atoms with Crippen molar-refractivity contribution in [2.24, 2.45) is 10.8 Å². The summed E-state index contributed by atoms with van der Waals surface area (Å²) in [7, 11) is 0. The molecule has 0 fully saturated rings. The zero-order chi connectivity index (χ0) is 14.3. The molecule has 0 aliphatic rings. The van der Waals surface area contributed by atoms with Gasteiger partial charge in [-0.15, -0.1) is 0 Å². The Balaban J connectivity index is 2.68. The van der Waals surface area contributed by atoms with Crippen LogP contribution in [0.15, 0.2) is 29.4 Å². The van der Waals surface area contributed by atoms with Gasteiger partial charge >= 0.3 is 0 Å². The number of hydrogen-bond acceptors (Lipinski definition) is 5. The van der Waals surface area contributed by atoms with E-state index < -0.39 is 12.2 Å². The standard InChI is InChI=1S/C12H16N4O3/c13-7-11(18)8-1-3-9(4-2-8)12(19)10(17)5-6-15-16-14/h1-4,10,12,17,19H,5-7,13H2. The van der Waals surface area contributed by atoms with Gasteiger partial charge in [-0.2, -0.15) is 0 Å². The third-order valence-corrected chi connectivity index (χ3v) is 2.71. The van der Waals surface area contributed by atoms with Crippen molar-refractivity contribution in [3.05, 3.63) is 45.8 Å². The summed E-state index contributed by atoms with van der Waals surface area (Å²) in [5.41, 5.74) is 14.3. The highest BCUT2D eigenvalue weighted by Gasteiger charge is 2.18. The summed E-state index contributed by atoms with van der Waals surface area (Å²) in [5.74, 6) is -0.190. The highest BCUT2D eigenvalue weighted by Crippen LogP contribution is 2.19. The molecule has 0 spiro atoms. The largest absolute Gasteiger partial charge is 0.390 e. The van der Waals surface area contributed by atoms with Crippen LogP contribution in [0.3, 0.4) is 0 Å². The monoisotopic (exact) mass is 264 g/mol. The number of Topliss-reactive ketones (excluding diaryl/α,β-unsaturated/α-hetero) is 1. The molecule has 0 aliphatic heterocycles. The first-order valence-corrected chi connectivity index (χ1v) is 5.80. The molecule has 0 bridgehead atoms. The number of carbonyl (C=O) groups excluding carboxylic acids is 1. The summed E-state index contributed by atoms with van der Waals surface area (Å²) in [4.78, 5) is 13.9. The van der Waals surface area contributed by atoms with Crippen molar-refractivity contribution in [1.29, 1.82) is 0 Å². The number of aliphatic hydroxyl groups is 2. The summed E-state index contributed by atoms with van der Waals surface area (Å²) in [6.07, 6.45) is -1.95. The number of nitrogens with zero attached hydrogens (tertiary/aromatic N) is 3. The highest BCUT2D eigenvalue weighted by atomic mass is 16.3. The van der Waals surface area contributed by atoms with E-state index in [1.54, 1.807) is 24.3 Å². The lowest BCUT2D eigenvalue weighted by Gasteiger charge is -2.17. The molecule has 0 aliphatic carbocycles. The Hall–Kier alpha value is -1.92. The molecule has 0 radical (unpaired) electrons. The minimum atomic E-state index is -1.09. The summed E-state index contributed by atoms with van der Waals surface area (Å²) < 4.78 is 0. The number of nitrogens with two attached hydrogens (primary N) is 1. The van der Waals surface area contributed by atoms with Crippen LogP contribution in [0.1, 0.15) is 28.4 Å². The van der Waals surface area contributed by atoms with Crippen molar-refractivity contribution in [3.8, 4) is 0 Å². The van der Waals surface area contributed by atoms with Crippen molar-refractivity contribution < 1.29 is 15.0 Å². The first kappa shape index (κ1) is 15.1. The average Bonchev–Trinajstić information content (AvgIpc) is 2.46. The van der Waals surface area contributed by atoms with Crippen molar-refractivity contribution >= 4 is 5.78 Å². The molecule has 4 N–H and O–H groups in total. The maximum Gasteiger partial charge on any atom is 0.176 e. The van der Waals surface area contributed by atoms with Gasteiger partial charge in [0.1, 0.15) is 6.10 Å². The lowest BCUT2D eigenvalue weighted by atomic mass is 10.00. The zero-order valence-corrected chi connectivity index (χ0v) is 10.3. The molecule has 0 amide bonds. The number of ketones is 1. The van der Waals surface area contributed by atoms with E-state index in [2.05, 4.69) is 10.0 Å². The van der Waals surface area contributed by atoms with Crippen molar-refractivity contribution in [2.45, 2.75) is 18.6 Å². The number of azide groups is 1. The predicted octanol–water partition coefficient (Wildman–Crippen LogP) is 0.923. The quantitative estimate of drug-likeness (QED) is 0.292. The normalized spacial score (nSPS) is 13.4. The van der Waals surface area contributed by atoms with Gasteiger partial charge in [-0.3, -0.25) is 4.79 Å². The van der Waals surface area contributed by atoms with E-state index in [0.717, 1.165) is 0 Å². The molecule has 19 heavy (non-hydrogen) atoms. The molecule has 0 saturated carbocycles. The molecule has 1 rings (SSSR count). The third-order valence-electron chi connectivity index (χ3n) is 2.71. The summed E-state index contributed by atoms with van der Waals surface area (Å²) in [6.45, 7) is 0.0369. The highest BCUT2D eigenvalue weighted by molar-refractivity contribution is 5.97. The molecule has 7 heteroatoms. The number of benzene rings is 1. The van der Waals surface area contributed by atoms with Crippen molar-refractivity contribution in [3.63, 3.8) is 0 Å². The minimum absolute atomic E-state index is 0.0727. The van der Waals surface area contributed by atoms with Gasteiger partial charge in [0.25, 0.3) is 0 Å². The Kier molecular flexibility index (Phi) is 5.98. The van der Waals surface area contributed by atoms with Crippen LogP contribution >= 0.6 is 0 Å². The van der Waals surface area contributed by atoms with Gasteiger partial charge in [-0.05, 0) is 17.5 Å². The van der Waals surface area contributed by atoms with Crippen LogP contribution in [-0.2, 0) is 0 Å². The van der Waals surface area contributed by atoms with E-state index in [4.69, 9.17) is 11.3 Å². The van der Waals surface area contributed by atoms with Gasteiger partial charge in [-0.25, -0.2) is 0 Å². The van der Waals surface area contributed by atoms with E-state index >= 15 is 0 Å². The molecule has 102 valence electrons. The van der Waals surface area contributed by atoms with Crippen LogP contribution in [0.25, 0.3) is 10.4 Å². The fourth-order valence-electron chi connectivity index (χ4n) is 1.60. The van der Waals surface area contributed by atoms with E-state index in [0.29, 0.717) is 11.1 Å². The average molecular weight is 264 g/mol. The SMILES string of the molecule is [N-]=[N+]=NCCC(O)C(O)c1ccc(C(=O)CN)cc1. The van der Waals surface area contributed by atoms with E-state index in [-0.39, 0.29) is 25.3 Å². The summed E-state index contributed by atoms with van der Waals surface area (Å²) in [5, 5.41) is 22.9. The Morgan fingerprint density at radius 2 is 2.00 bits per heavy atom. The van der Waals surface area contributed by atoms with Crippen LogP contribution in [-0.4, -0.2) is 35.2 Å². The molecule has 1 aromatic carbocycles. The second-order valence-electron chi connectivity index (χ2n) is 4.00. The Morgan fingerprint density at radius 1 is 1.37 bits per heavy atom. The Bertz CT molecular complexity index is 468. The number of carbonyl (C=O) groups is 1. The number of hydrogen-bond donors (Lipinski definition) is 3. The van der Waals surface area contributed by atoms with E-state index in [9.17, 15) is 15.0 Å². The third kappa shape index (κ3) is 4.35. The van der Waals surface area contributed by atoms with Gasteiger partial charge in [0.2, 0.25) is 0 Å². The lowest BCUT2D eigenvalue weighted by Crippen LogP contribution is -2.19. The maximum absolute atomic E-state index is 11.3. The lowest BCUT2D eigenvalue weighted by molar-refractivity contribution is 0.0150. The first-order chi connectivity index (χ1) is 9.10. The van der Waals surface area contributed by atoms with E-state index in [1.807, 2.05) is 0 Å². The number of rotatable bonds is 7. The van der Waals surface area contributed by atoms with Gasteiger partial charge in [-0.1, -0.05) is 29.4 Å². The van der Waals surface area contributed by atoms with Crippen LogP contribution in [0.4, 0.5) is 0 Å². The second kappa shape index (κ2) is 7.50. The maximum atomic E-state index is 11.3. The first-order valence-electron chi connectivity index (χ1n) is 5.80. The molecule has 7 nitrogen and oxygen atoms in total. The van der Waals surface area contributed by atoms with Crippen LogP contribution < -0.4 is 5.73 Å². The topological polar surface area (TPSA) is 132 Å². The zero-order valence-electron chi connectivity index (χ0n) is 10.3. The minimum Gasteiger partial charge on any atom is -0.390 e. The summed E-state index contributed by atoms with van der Waals surface area (Å²) in [6, 6.07) is 6.22. The molecular formula is C12H16N4O3. The summed E-state index contributed by atoms with van der Waals surface area (Å²) >= 11 is 0. The molecular weight excluding hydrogens is 248 g/mol. The Labute approximate surface area is 110 Å². The molecule has 0 aromatic heterocycles. The fourth-order valence-corrected chi connectivity index (χ4v) is 1.60. The molecule has 0 saturated heterocycles. The van der Waals surface area contributed by atoms with Gasteiger partial charge in [0, 0.05) is 17.0 Å².